The van der Waals surface area contributed by atoms with Gasteiger partial charge < -0.3 is 14.4 Å². The van der Waals surface area contributed by atoms with Crippen molar-refractivity contribution in [3.8, 4) is 17.2 Å². The minimum Gasteiger partial charge on any atom is -0.496 e. The van der Waals surface area contributed by atoms with E-state index in [9.17, 15) is 14.9 Å². The number of nitrogens with zero attached hydrogens (tertiary/aromatic N) is 2. The number of fused-ring (bicyclic) bond motifs is 2. The summed E-state index contributed by atoms with van der Waals surface area (Å²) in [5, 5.41) is 11.2. The Hall–Kier alpha value is -3.09. The lowest BCUT2D eigenvalue weighted by atomic mass is 10.1. The highest BCUT2D eigenvalue weighted by molar-refractivity contribution is 6.11. The summed E-state index contributed by atoms with van der Waals surface area (Å²) in [6.07, 6.45) is 1.75. The van der Waals surface area contributed by atoms with Gasteiger partial charge in [0, 0.05) is 6.54 Å². The molecule has 3 rings (SSSR count). The number of unbranched alkanes of at least 4 members (excludes halogenated alkanes) is 1. The highest BCUT2D eigenvalue weighted by atomic mass is 16.6. The number of rotatable bonds is 5. The van der Waals surface area contributed by atoms with E-state index in [0.717, 1.165) is 12.8 Å². The normalized spacial score (nSPS) is 12.7. The fraction of sp³-hybridized carbons (Fsp3) is 0.278. The van der Waals surface area contributed by atoms with Gasteiger partial charge in [0.15, 0.2) is 11.5 Å². The monoisotopic (exact) mass is 342 g/mol. The first kappa shape index (κ1) is 16.8. The molecular formula is C18H18N2O5. The van der Waals surface area contributed by atoms with Crippen LogP contribution in [0.3, 0.4) is 0 Å². The number of nitro benzene ring substituents is 1. The van der Waals surface area contributed by atoms with Crippen molar-refractivity contribution in [2.24, 2.45) is 0 Å². The van der Waals surface area contributed by atoms with Gasteiger partial charge in [0.25, 0.3) is 11.6 Å². The molecule has 0 aromatic heterocycles. The van der Waals surface area contributed by atoms with Crippen molar-refractivity contribution in [3.63, 3.8) is 0 Å². The number of methoxy groups -OCH3 is 1. The lowest BCUT2D eigenvalue weighted by Crippen LogP contribution is -2.31. The average molecular weight is 342 g/mol. The zero-order valence-corrected chi connectivity index (χ0v) is 14.0. The molecule has 1 aliphatic heterocycles. The first-order valence-electron chi connectivity index (χ1n) is 8.02. The molecule has 1 aliphatic rings. The van der Waals surface area contributed by atoms with Crippen LogP contribution < -0.4 is 14.4 Å². The molecule has 0 atom stereocenters. The predicted molar refractivity (Wildman–Crippen MR) is 92.7 cm³/mol. The fourth-order valence-corrected chi connectivity index (χ4v) is 2.80. The van der Waals surface area contributed by atoms with E-state index >= 15 is 0 Å². The van der Waals surface area contributed by atoms with E-state index in [-0.39, 0.29) is 28.7 Å². The first-order chi connectivity index (χ1) is 12.1. The molecule has 25 heavy (non-hydrogen) atoms. The Kier molecular flexibility index (Phi) is 4.56. The predicted octanol–water partition coefficient (Wildman–Crippen LogP) is 4.16. The van der Waals surface area contributed by atoms with Crippen LogP contribution in [0.15, 0.2) is 36.4 Å². The average Bonchev–Trinajstić information content (AvgIpc) is 2.73. The number of ether oxygens (including phenoxy) is 2. The molecule has 0 N–H and O–H groups in total. The number of amides is 1. The molecule has 0 unspecified atom stereocenters. The molecule has 7 nitrogen and oxygen atoms in total. The summed E-state index contributed by atoms with van der Waals surface area (Å²) in [5.41, 5.74) is 0.644. The van der Waals surface area contributed by atoms with Gasteiger partial charge in [-0.25, -0.2) is 0 Å². The molecule has 0 radical (unpaired) electrons. The molecule has 0 saturated carbocycles. The highest BCUT2D eigenvalue weighted by Crippen LogP contribution is 2.43. The van der Waals surface area contributed by atoms with Gasteiger partial charge >= 0.3 is 0 Å². The van der Waals surface area contributed by atoms with Gasteiger partial charge in [0.2, 0.25) is 0 Å². The van der Waals surface area contributed by atoms with Crippen molar-refractivity contribution < 1.29 is 19.2 Å². The van der Waals surface area contributed by atoms with Crippen LogP contribution in [0.25, 0.3) is 0 Å². The largest absolute Gasteiger partial charge is 0.496 e. The number of non-ortho nitro benzene ring substituents is 1. The number of nitro groups is 1. The summed E-state index contributed by atoms with van der Waals surface area (Å²) in [6.45, 7) is 2.57. The van der Waals surface area contributed by atoms with E-state index in [4.69, 9.17) is 9.47 Å². The summed E-state index contributed by atoms with van der Waals surface area (Å²) in [4.78, 5) is 25.4. The molecule has 0 spiro atoms. The number of hydrogen-bond acceptors (Lipinski definition) is 5. The lowest BCUT2D eigenvalue weighted by molar-refractivity contribution is -0.385. The van der Waals surface area contributed by atoms with Crippen LogP contribution in [-0.2, 0) is 0 Å². The van der Waals surface area contributed by atoms with Crippen molar-refractivity contribution in [2.75, 3.05) is 18.6 Å². The third-order valence-electron chi connectivity index (χ3n) is 4.05. The van der Waals surface area contributed by atoms with Crippen LogP contribution >= 0.6 is 0 Å². The number of anilines is 1. The number of carbonyl (C=O) groups excluding carboxylic acids is 1. The van der Waals surface area contributed by atoms with Crippen molar-refractivity contribution in [3.05, 3.63) is 52.1 Å². The number of carbonyl (C=O) groups is 1. The van der Waals surface area contributed by atoms with Crippen molar-refractivity contribution in [1.29, 1.82) is 0 Å². The first-order valence-corrected chi connectivity index (χ1v) is 8.02. The Bertz CT molecular complexity index is 834. The van der Waals surface area contributed by atoms with E-state index in [1.54, 1.807) is 23.1 Å². The quantitative estimate of drug-likeness (QED) is 0.602. The van der Waals surface area contributed by atoms with Gasteiger partial charge in [0.1, 0.15) is 11.3 Å². The SMILES string of the molecule is CCCCN1C(=O)c2c(OC)cc([N+](=O)[O-])cc2Oc2ccccc21. The Morgan fingerprint density at radius 3 is 2.68 bits per heavy atom. The molecule has 0 bridgehead atoms. The van der Waals surface area contributed by atoms with Gasteiger partial charge in [0.05, 0.1) is 29.9 Å². The van der Waals surface area contributed by atoms with Gasteiger partial charge in [-0.3, -0.25) is 14.9 Å². The number of hydrogen-bond donors (Lipinski definition) is 0. The second kappa shape index (κ2) is 6.80. The molecule has 130 valence electrons. The zero-order chi connectivity index (χ0) is 18.0. The van der Waals surface area contributed by atoms with Gasteiger partial charge in [-0.2, -0.15) is 0 Å². The molecule has 2 aromatic carbocycles. The molecule has 1 heterocycles. The summed E-state index contributed by atoms with van der Waals surface area (Å²) in [6, 6.07) is 9.66. The lowest BCUT2D eigenvalue weighted by Gasteiger charge is -2.22. The van der Waals surface area contributed by atoms with Crippen LogP contribution in [0, 0.1) is 10.1 Å². The van der Waals surface area contributed by atoms with E-state index in [1.165, 1.54) is 19.2 Å². The van der Waals surface area contributed by atoms with E-state index < -0.39 is 4.92 Å². The minimum atomic E-state index is -0.539. The summed E-state index contributed by atoms with van der Waals surface area (Å²) >= 11 is 0. The Morgan fingerprint density at radius 2 is 2.00 bits per heavy atom. The van der Waals surface area contributed by atoms with Crippen molar-refractivity contribution in [1.82, 2.24) is 0 Å². The fourth-order valence-electron chi connectivity index (χ4n) is 2.80. The van der Waals surface area contributed by atoms with Crippen molar-refractivity contribution >= 4 is 17.3 Å². The maximum Gasteiger partial charge on any atom is 0.276 e. The molecule has 0 fully saturated rings. The van der Waals surface area contributed by atoms with E-state index in [2.05, 4.69) is 0 Å². The van der Waals surface area contributed by atoms with Crippen LogP contribution in [0.1, 0.15) is 30.1 Å². The summed E-state index contributed by atoms with van der Waals surface area (Å²) < 4.78 is 11.1. The maximum absolute atomic E-state index is 13.2. The smallest absolute Gasteiger partial charge is 0.276 e. The summed E-state index contributed by atoms with van der Waals surface area (Å²) in [5.74, 6) is 0.444. The van der Waals surface area contributed by atoms with Crippen LogP contribution in [-0.4, -0.2) is 24.5 Å². The van der Waals surface area contributed by atoms with Gasteiger partial charge in [-0.15, -0.1) is 0 Å². The molecule has 0 saturated heterocycles. The third-order valence-corrected chi connectivity index (χ3v) is 4.05. The minimum absolute atomic E-state index is 0.127. The molecular weight excluding hydrogens is 324 g/mol. The van der Waals surface area contributed by atoms with Crippen LogP contribution in [0.2, 0.25) is 0 Å². The van der Waals surface area contributed by atoms with Crippen LogP contribution in [0.4, 0.5) is 11.4 Å². The van der Waals surface area contributed by atoms with E-state index in [0.29, 0.717) is 18.0 Å². The van der Waals surface area contributed by atoms with Gasteiger partial charge in [-0.05, 0) is 18.6 Å². The molecule has 1 amide bonds. The Balaban J connectivity index is 2.21. The van der Waals surface area contributed by atoms with E-state index in [1.807, 2.05) is 13.0 Å². The topological polar surface area (TPSA) is 81.9 Å². The second-order valence-corrected chi connectivity index (χ2v) is 5.66. The Morgan fingerprint density at radius 1 is 1.24 bits per heavy atom. The molecule has 7 heteroatoms. The molecule has 0 aliphatic carbocycles. The highest BCUT2D eigenvalue weighted by Gasteiger charge is 2.32. The maximum atomic E-state index is 13.2. The van der Waals surface area contributed by atoms with Crippen molar-refractivity contribution in [2.45, 2.75) is 19.8 Å². The number of para-hydroxylation sites is 2. The van der Waals surface area contributed by atoms with Gasteiger partial charge in [-0.1, -0.05) is 25.5 Å². The second-order valence-electron chi connectivity index (χ2n) is 5.66. The zero-order valence-electron chi connectivity index (χ0n) is 14.0. The standard InChI is InChI=1S/C18H18N2O5/c1-3-4-9-19-13-7-5-6-8-14(13)25-16-11-12(20(22)23)10-15(24-2)17(16)18(19)21/h5-8,10-11H,3-4,9H2,1-2H3. The Labute approximate surface area is 144 Å². The summed E-state index contributed by atoms with van der Waals surface area (Å²) in [7, 11) is 1.38. The third kappa shape index (κ3) is 3.00. The number of benzene rings is 2. The molecule has 2 aromatic rings. The van der Waals surface area contributed by atoms with Crippen LogP contribution in [0.5, 0.6) is 17.2 Å².